The van der Waals surface area contributed by atoms with Crippen LogP contribution in [0.4, 0.5) is 0 Å². The monoisotopic (exact) mass is 233 g/mol. The van der Waals surface area contributed by atoms with Crippen molar-refractivity contribution in [3.05, 3.63) is 0 Å². The van der Waals surface area contributed by atoms with Gasteiger partial charge in [-0.25, -0.2) is 0 Å². The molecule has 1 saturated carbocycles. The maximum atomic E-state index is 11.1. The Morgan fingerprint density at radius 1 is 1.33 bits per heavy atom. The Bertz CT molecular complexity index is 175. The van der Waals surface area contributed by atoms with Crippen molar-refractivity contribution in [1.82, 2.24) is 4.90 Å². The first-order valence-electron chi connectivity index (χ1n) is 4.49. The zero-order valence-electron chi connectivity index (χ0n) is 7.77. The van der Waals surface area contributed by atoms with Crippen molar-refractivity contribution in [3.63, 3.8) is 0 Å². The van der Waals surface area contributed by atoms with Gasteiger partial charge in [-0.15, -0.1) is 0 Å². The third-order valence-corrected chi connectivity index (χ3v) is 4.02. The molecule has 1 amide bonds. The third kappa shape index (κ3) is 2.00. The molecule has 0 aromatic rings. The maximum absolute atomic E-state index is 11.1. The van der Waals surface area contributed by atoms with Crippen molar-refractivity contribution >= 4 is 21.8 Å². The molecule has 0 saturated heterocycles. The molecular weight excluding hydrogens is 218 g/mol. The Morgan fingerprint density at radius 2 is 1.83 bits per heavy atom. The van der Waals surface area contributed by atoms with E-state index in [4.69, 9.17) is 0 Å². The van der Waals surface area contributed by atoms with E-state index in [9.17, 15) is 4.79 Å². The van der Waals surface area contributed by atoms with E-state index in [1.165, 1.54) is 19.3 Å². The number of nitrogens with zero attached hydrogens (tertiary/aromatic N) is 1. The lowest BCUT2D eigenvalue weighted by Gasteiger charge is -2.39. The number of rotatable bonds is 1. The van der Waals surface area contributed by atoms with Crippen LogP contribution in [0.5, 0.6) is 0 Å². The van der Waals surface area contributed by atoms with Crippen LogP contribution in [0.1, 0.15) is 39.0 Å². The molecule has 2 nitrogen and oxygen atoms in total. The second kappa shape index (κ2) is 3.77. The summed E-state index contributed by atoms with van der Waals surface area (Å²) >= 11 is 3.67. The van der Waals surface area contributed by atoms with E-state index in [0.717, 1.165) is 12.8 Å². The molecule has 0 radical (unpaired) electrons. The summed E-state index contributed by atoms with van der Waals surface area (Å²) in [4.78, 5) is 13.0. The summed E-state index contributed by atoms with van der Waals surface area (Å²) in [6.45, 7) is 1.62. The number of hydrogen-bond donors (Lipinski definition) is 0. The van der Waals surface area contributed by atoms with Gasteiger partial charge in [-0.05, 0) is 12.8 Å². The van der Waals surface area contributed by atoms with Gasteiger partial charge in [0.1, 0.15) is 0 Å². The van der Waals surface area contributed by atoms with Crippen LogP contribution in [-0.2, 0) is 4.79 Å². The maximum Gasteiger partial charge on any atom is 0.220 e. The molecule has 0 spiro atoms. The summed E-state index contributed by atoms with van der Waals surface area (Å²) in [5.41, 5.74) is 0. The van der Waals surface area contributed by atoms with E-state index in [-0.39, 0.29) is 10.4 Å². The van der Waals surface area contributed by atoms with Crippen molar-refractivity contribution in [2.24, 2.45) is 0 Å². The van der Waals surface area contributed by atoms with Crippen LogP contribution in [0.3, 0.4) is 0 Å². The van der Waals surface area contributed by atoms with Gasteiger partial charge in [-0.3, -0.25) is 4.79 Å². The summed E-state index contributed by atoms with van der Waals surface area (Å²) in [5.74, 6) is 0.147. The Hall–Kier alpha value is -0.0500. The van der Waals surface area contributed by atoms with Gasteiger partial charge in [-0.2, -0.15) is 0 Å². The van der Waals surface area contributed by atoms with E-state index in [0.29, 0.717) is 0 Å². The molecule has 0 aromatic heterocycles. The van der Waals surface area contributed by atoms with E-state index >= 15 is 0 Å². The number of alkyl halides is 1. The zero-order chi connectivity index (χ0) is 9.19. The Labute approximate surface area is 82.4 Å². The smallest absolute Gasteiger partial charge is 0.220 e. The van der Waals surface area contributed by atoms with Crippen LogP contribution in [-0.4, -0.2) is 22.3 Å². The van der Waals surface area contributed by atoms with E-state index < -0.39 is 0 Å². The van der Waals surface area contributed by atoms with Crippen molar-refractivity contribution in [1.29, 1.82) is 0 Å². The van der Waals surface area contributed by atoms with Crippen molar-refractivity contribution in [2.45, 2.75) is 43.5 Å². The second-order valence-electron chi connectivity index (χ2n) is 3.56. The van der Waals surface area contributed by atoms with Gasteiger partial charge in [0, 0.05) is 14.0 Å². The fourth-order valence-corrected chi connectivity index (χ4v) is 2.52. The summed E-state index contributed by atoms with van der Waals surface area (Å²) in [5, 5.41) is 0. The highest BCUT2D eigenvalue weighted by Crippen LogP contribution is 2.37. The average Bonchev–Trinajstić information content (AvgIpc) is 2.04. The van der Waals surface area contributed by atoms with Crippen LogP contribution in [0.15, 0.2) is 0 Å². The van der Waals surface area contributed by atoms with Gasteiger partial charge in [0.2, 0.25) is 5.91 Å². The average molecular weight is 234 g/mol. The van der Waals surface area contributed by atoms with Crippen molar-refractivity contribution in [3.8, 4) is 0 Å². The van der Waals surface area contributed by atoms with Gasteiger partial charge in [0.15, 0.2) is 0 Å². The van der Waals surface area contributed by atoms with Crippen LogP contribution < -0.4 is 0 Å². The van der Waals surface area contributed by atoms with E-state index in [1.54, 1.807) is 6.92 Å². The zero-order valence-corrected chi connectivity index (χ0v) is 9.35. The second-order valence-corrected chi connectivity index (χ2v) is 5.03. The molecule has 70 valence electrons. The largest absolute Gasteiger partial charge is 0.331 e. The molecule has 1 aliphatic carbocycles. The minimum atomic E-state index is -0.0446. The quantitative estimate of drug-likeness (QED) is 0.504. The summed E-state index contributed by atoms with van der Waals surface area (Å²) in [7, 11) is 1.88. The van der Waals surface area contributed by atoms with Crippen LogP contribution in [0.2, 0.25) is 0 Å². The molecule has 3 heteroatoms. The number of carbonyl (C=O) groups is 1. The first-order valence-corrected chi connectivity index (χ1v) is 5.29. The van der Waals surface area contributed by atoms with Gasteiger partial charge in [-0.1, -0.05) is 35.2 Å². The molecule has 1 rings (SSSR count). The summed E-state index contributed by atoms with van der Waals surface area (Å²) < 4.78 is -0.0446. The predicted octanol–water partition coefficient (Wildman–Crippen LogP) is 2.52. The highest BCUT2D eigenvalue weighted by Gasteiger charge is 2.34. The van der Waals surface area contributed by atoms with Crippen LogP contribution in [0, 0.1) is 0 Å². The lowest BCUT2D eigenvalue weighted by atomic mass is 9.94. The molecule has 0 atom stereocenters. The number of amides is 1. The molecule has 0 unspecified atom stereocenters. The fourth-order valence-electron chi connectivity index (χ4n) is 1.71. The Morgan fingerprint density at radius 3 is 2.25 bits per heavy atom. The lowest BCUT2D eigenvalue weighted by Crippen LogP contribution is -2.45. The van der Waals surface area contributed by atoms with Gasteiger partial charge >= 0.3 is 0 Å². The molecule has 0 bridgehead atoms. The molecule has 0 N–H and O–H groups in total. The highest BCUT2D eigenvalue weighted by molar-refractivity contribution is 9.10. The SMILES string of the molecule is CC(=O)N(C)C1(Br)CCCCC1. The molecule has 0 heterocycles. The first-order chi connectivity index (χ1) is 5.56. The van der Waals surface area contributed by atoms with Crippen LogP contribution >= 0.6 is 15.9 Å². The molecule has 0 aromatic carbocycles. The van der Waals surface area contributed by atoms with Gasteiger partial charge in [0.05, 0.1) is 4.45 Å². The first kappa shape index (κ1) is 10.0. The lowest BCUT2D eigenvalue weighted by molar-refractivity contribution is -0.130. The van der Waals surface area contributed by atoms with Gasteiger partial charge < -0.3 is 4.90 Å². The predicted molar refractivity (Wildman–Crippen MR) is 53.2 cm³/mol. The van der Waals surface area contributed by atoms with Crippen molar-refractivity contribution in [2.75, 3.05) is 7.05 Å². The topological polar surface area (TPSA) is 20.3 Å². The third-order valence-electron chi connectivity index (χ3n) is 2.69. The summed E-state index contributed by atoms with van der Waals surface area (Å²) in [6.07, 6.45) is 5.93. The van der Waals surface area contributed by atoms with Crippen LogP contribution in [0.25, 0.3) is 0 Å². The van der Waals surface area contributed by atoms with E-state index in [1.807, 2.05) is 11.9 Å². The normalized spacial score (nSPS) is 21.9. The molecule has 12 heavy (non-hydrogen) atoms. The van der Waals surface area contributed by atoms with Crippen molar-refractivity contribution < 1.29 is 4.79 Å². The molecule has 1 fully saturated rings. The summed E-state index contributed by atoms with van der Waals surface area (Å²) in [6, 6.07) is 0. The minimum Gasteiger partial charge on any atom is -0.331 e. The Kier molecular flexibility index (Phi) is 3.16. The minimum absolute atomic E-state index is 0.0446. The Balaban J connectivity index is 2.62. The highest BCUT2D eigenvalue weighted by atomic mass is 79.9. The number of halogens is 1. The molecule has 1 aliphatic rings. The fraction of sp³-hybridized carbons (Fsp3) is 0.889. The van der Waals surface area contributed by atoms with E-state index in [2.05, 4.69) is 15.9 Å². The molecule has 0 aliphatic heterocycles. The standard InChI is InChI=1S/C9H16BrNO/c1-8(12)11(2)9(10)6-4-3-5-7-9/h3-7H2,1-2H3. The van der Waals surface area contributed by atoms with Gasteiger partial charge in [0.25, 0.3) is 0 Å². The number of carbonyl (C=O) groups excluding carboxylic acids is 1. The molecular formula is C9H16BrNO. The number of hydrogen-bond acceptors (Lipinski definition) is 1.